The first-order valence-corrected chi connectivity index (χ1v) is 9.33. The molecule has 142 valence electrons. The van der Waals surface area contributed by atoms with E-state index in [0.29, 0.717) is 16.6 Å². The average Bonchev–Trinajstić information content (AvgIpc) is 3.11. The van der Waals surface area contributed by atoms with Crippen molar-refractivity contribution in [2.45, 2.75) is 13.8 Å². The molecule has 0 saturated heterocycles. The maximum absolute atomic E-state index is 14.4. The third-order valence-electron chi connectivity index (χ3n) is 5.41. The molecule has 0 aliphatic carbocycles. The van der Waals surface area contributed by atoms with E-state index in [4.69, 9.17) is 5.10 Å². The molecule has 0 saturated carbocycles. The van der Waals surface area contributed by atoms with Crippen LogP contribution >= 0.6 is 0 Å². The second-order valence-corrected chi connectivity index (χ2v) is 7.14. The smallest absolute Gasteiger partial charge is 0.149 e. The fraction of sp³-hybridized carbons (Fsp3) is 0.0833. The second-order valence-electron chi connectivity index (χ2n) is 7.14. The van der Waals surface area contributed by atoms with E-state index >= 15 is 0 Å². The maximum Gasteiger partial charge on any atom is 0.149 e. The van der Waals surface area contributed by atoms with E-state index in [2.05, 4.69) is 4.98 Å². The molecular formula is C24H17F2N3. The highest BCUT2D eigenvalue weighted by molar-refractivity contribution is 6.08. The van der Waals surface area contributed by atoms with E-state index in [0.717, 1.165) is 33.3 Å². The number of aromatic nitrogens is 3. The van der Waals surface area contributed by atoms with Crippen LogP contribution in [0.15, 0.2) is 66.9 Å². The fourth-order valence-electron chi connectivity index (χ4n) is 3.74. The summed E-state index contributed by atoms with van der Waals surface area (Å²) in [5.74, 6) is -0.681. The number of fused-ring (bicyclic) bond motifs is 3. The molecule has 0 amide bonds. The minimum Gasteiger partial charge on any atom is -0.252 e. The first-order chi connectivity index (χ1) is 14.0. The van der Waals surface area contributed by atoms with Gasteiger partial charge in [0.05, 0.1) is 11.2 Å². The van der Waals surface area contributed by atoms with Gasteiger partial charge in [-0.25, -0.2) is 13.5 Å². The Hall–Kier alpha value is -3.60. The lowest BCUT2D eigenvalue weighted by molar-refractivity contribution is 0.628. The molecule has 5 rings (SSSR count). The van der Waals surface area contributed by atoms with Gasteiger partial charge in [-0.05, 0) is 61.4 Å². The monoisotopic (exact) mass is 385 g/mol. The molecule has 3 nitrogen and oxygen atoms in total. The zero-order valence-corrected chi connectivity index (χ0v) is 15.9. The Morgan fingerprint density at radius 1 is 0.828 bits per heavy atom. The Labute approximate surface area is 166 Å². The molecule has 0 unspecified atom stereocenters. The Balaban J connectivity index is 1.94. The standard InChI is InChI=1S/C24H17F2N3/c1-14-5-3-8-21(15(14)2)29-24-18-6-4-7-20(26)23(18)27-13-19(24)22(28-29)16-9-11-17(25)12-10-16/h3-13H,1-2H3. The quantitative estimate of drug-likeness (QED) is 0.366. The molecule has 5 heteroatoms. The SMILES string of the molecule is Cc1cccc(-n2nc(-c3ccc(F)cc3)c3cnc4c(F)cccc4c32)c1C. The molecule has 0 bridgehead atoms. The largest absolute Gasteiger partial charge is 0.252 e. The van der Waals surface area contributed by atoms with Crippen molar-refractivity contribution in [3.05, 3.63) is 89.6 Å². The lowest BCUT2D eigenvalue weighted by Crippen LogP contribution is -2.01. The van der Waals surface area contributed by atoms with Crippen molar-refractivity contribution >= 4 is 21.8 Å². The first-order valence-electron chi connectivity index (χ1n) is 9.33. The van der Waals surface area contributed by atoms with E-state index in [-0.39, 0.29) is 11.6 Å². The Bertz CT molecular complexity index is 1390. The molecule has 0 aliphatic rings. The van der Waals surface area contributed by atoms with Gasteiger partial charge in [-0.15, -0.1) is 0 Å². The molecule has 2 aromatic heterocycles. The van der Waals surface area contributed by atoms with Crippen LogP contribution in [0, 0.1) is 25.5 Å². The zero-order chi connectivity index (χ0) is 20.1. The number of rotatable bonds is 2. The van der Waals surface area contributed by atoms with E-state index in [1.165, 1.54) is 18.2 Å². The van der Waals surface area contributed by atoms with Gasteiger partial charge < -0.3 is 0 Å². The molecule has 0 radical (unpaired) electrons. The summed E-state index contributed by atoms with van der Waals surface area (Å²) in [5, 5.41) is 6.35. The Morgan fingerprint density at radius 3 is 2.38 bits per heavy atom. The van der Waals surface area contributed by atoms with E-state index in [1.807, 2.05) is 42.8 Å². The summed E-state index contributed by atoms with van der Waals surface area (Å²) >= 11 is 0. The summed E-state index contributed by atoms with van der Waals surface area (Å²) in [6.45, 7) is 4.09. The van der Waals surface area contributed by atoms with Gasteiger partial charge in [0.1, 0.15) is 22.8 Å². The molecular weight excluding hydrogens is 368 g/mol. The number of hydrogen-bond acceptors (Lipinski definition) is 2. The van der Waals surface area contributed by atoms with Crippen molar-refractivity contribution in [2.24, 2.45) is 0 Å². The number of para-hydroxylation sites is 1. The van der Waals surface area contributed by atoms with E-state index < -0.39 is 0 Å². The van der Waals surface area contributed by atoms with Gasteiger partial charge in [0.15, 0.2) is 0 Å². The van der Waals surface area contributed by atoms with Crippen LogP contribution in [0.4, 0.5) is 8.78 Å². The van der Waals surface area contributed by atoms with Crippen molar-refractivity contribution < 1.29 is 8.78 Å². The van der Waals surface area contributed by atoms with Crippen molar-refractivity contribution in [1.29, 1.82) is 0 Å². The summed E-state index contributed by atoms with van der Waals surface area (Å²) in [5.41, 5.74) is 5.68. The number of aryl methyl sites for hydroxylation is 1. The highest BCUT2D eigenvalue weighted by atomic mass is 19.1. The number of halogens is 2. The Morgan fingerprint density at radius 2 is 1.59 bits per heavy atom. The summed E-state index contributed by atoms with van der Waals surface area (Å²) in [6.07, 6.45) is 1.65. The first kappa shape index (κ1) is 17.5. The van der Waals surface area contributed by atoms with Gasteiger partial charge in [-0.1, -0.05) is 24.3 Å². The summed E-state index contributed by atoms with van der Waals surface area (Å²) in [6, 6.07) is 17.2. The fourth-order valence-corrected chi connectivity index (χ4v) is 3.74. The van der Waals surface area contributed by atoms with Crippen molar-refractivity contribution in [3.8, 4) is 16.9 Å². The minimum atomic E-state index is -0.374. The normalized spacial score (nSPS) is 11.4. The van der Waals surface area contributed by atoms with Crippen LogP contribution in [-0.2, 0) is 0 Å². The highest BCUT2D eigenvalue weighted by Crippen LogP contribution is 2.35. The van der Waals surface area contributed by atoms with Gasteiger partial charge in [-0.2, -0.15) is 5.10 Å². The van der Waals surface area contributed by atoms with Crippen LogP contribution in [0.5, 0.6) is 0 Å². The molecule has 0 aliphatic heterocycles. The number of nitrogens with zero attached hydrogens (tertiary/aromatic N) is 3. The maximum atomic E-state index is 14.4. The average molecular weight is 385 g/mol. The summed E-state index contributed by atoms with van der Waals surface area (Å²) < 4.78 is 29.7. The predicted molar refractivity (Wildman–Crippen MR) is 111 cm³/mol. The molecule has 0 fully saturated rings. The molecule has 5 aromatic rings. The highest BCUT2D eigenvalue weighted by Gasteiger charge is 2.19. The van der Waals surface area contributed by atoms with Crippen LogP contribution in [-0.4, -0.2) is 14.8 Å². The van der Waals surface area contributed by atoms with Crippen LogP contribution in [0.25, 0.3) is 38.8 Å². The molecule has 2 heterocycles. The van der Waals surface area contributed by atoms with Gasteiger partial charge in [-0.3, -0.25) is 4.98 Å². The molecule has 0 N–H and O–H groups in total. The van der Waals surface area contributed by atoms with E-state index in [9.17, 15) is 8.78 Å². The lowest BCUT2D eigenvalue weighted by atomic mass is 10.1. The van der Waals surface area contributed by atoms with Gasteiger partial charge in [0.25, 0.3) is 0 Å². The summed E-state index contributed by atoms with van der Waals surface area (Å²) in [4.78, 5) is 4.36. The Kier molecular flexibility index (Phi) is 3.91. The van der Waals surface area contributed by atoms with Crippen LogP contribution in [0.3, 0.4) is 0 Å². The van der Waals surface area contributed by atoms with Gasteiger partial charge >= 0.3 is 0 Å². The van der Waals surface area contributed by atoms with Crippen LogP contribution < -0.4 is 0 Å². The van der Waals surface area contributed by atoms with E-state index in [1.54, 1.807) is 24.4 Å². The lowest BCUT2D eigenvalue weighted by Gasteiger charge is -2.11. The zero-order valence-electron chi connectivity index (χ0n) is 15.9. The predicted octanol–water partition coefficient (Wildman–Crippen LogP) is 6.14. The second kappa shape index (κ2) is 6.48. The topological polar surface area (TPSA) is 30.7 Å². The molecule has 0 spiro atoms. The van der Waals surface area contributed by atoms with Gasteiger partial charge in [0, 0.05) is 22.5 Å². The van der Waals surface area contributed by atoms with Crippen molar-refractivity contribution in [1.82, 2.24) is 14.8 Å². The molecule has 29 heavy (non-hydrogen) atoms. The van der Waals surface area contributed by atoms with Crippen LogP contribution in [0.2, 0.25) is 0 Å². The minimum absolute atomic E-state index is 0.303. The third kappa shape index (κ3) is 2.70. The molecule has 3 aromatic carbocycles. The molecule has 0 atom stereocenters. The van der Waals surface area contributed by atoms with Crippen molar-refractivity contribution in [3.63, 3.8) is 0 Å². The van der Waals surface area contributed by atoms with Gasteiger partial charge in [0.2, 0.25) is 0 Å². The number of hydrogen-bond donors (Lipinski definition) is 0. The van der Waals surface area contributed by atoms with Crippen LogP contribution in [0.1, 0.15) is 11.1 Å². The number of benzene rings is 3. The van der Waals surface area contributed by atoms with Crippen molar-refractivity contribution in [2.75, 3.05) is 0 Å². The summed E-state index contributed by atoms with van der Waals surface area (Å²) in [7, 11) is 0. The third-order valence-corrected chi connectivity index (χ3v) is 5.41. The number of pyridine rings is 1.